The first-order valence-electron chi connectivity index (χ1n) is 8.32. The zero-order valence-corrected chi connectivity index (χ0v) is 15.8. The van der Waals surface area contributed by atoms with Crippen LogP contribution in [0.25, 0.3) is 0 Å². The Morgan fingerprint density at radius 3 is 1.62 bits per heavy atom. The van der Waals surface area contributed by atoms with E-state index in [2.05, 4.69) is 16.0 Å². The molecule has 0 bridgehead atoms. The standard InChI is InChI=1S/C16H29N5O5/c1-7(2)12(14(18)24)21-15(25)10(6-11(17)23)20-16(26)13(8(3)4)19-9(5)22/h7-8,10,12-13H,6H2,1-5H3,(H2,17,23)(H2,18,24)(H,19,22)(H,20,26)(H,21,25). The Morgan fingerprint density at radius 1 is 0.769 bits per heavy atom. The van der Waals surface area contributed by atoms with Crippen LogP contribution in [-0.2, 0) is 24.0 Å². The first kappa shape index (κ1) is 23.4. The van der Waals surface area contributed by atoms with Crippen LogP contribution in [-0.4, -0.2) is 47.7 Å². The molecule has 0 aromatic rings. The lowest BCUT2D eigenvalue weighted by atomic mass is 10.0. The second kappa shape index (κ2) is 10.4. The van der Waals surface area contributed by atoms with Gasteiger partial charge in [0, 0.05) is 6.92 Å². The van der Waals surface area contributed by atoms with E-state index in [0.29, 0.717) is 0 Å². The Labute approximate surface area is 152 Å². The molecule has 26 heavy (non-hydrogen) atoms. The van der Waals surface area contributed by atoms with Gasteiger partial charge >= 0.3 is 0 Å². The number of amides is 5. The van der Waals surface area contributed by atoms with Gasteiger partial charge in [0.25, 0.3) is 0 Å². The molecule has 0 spiro atoms. The number of primary amides is 2. The molecule has 0 aliphatic carbocycles. The third-order valence-electron chi connectivity index (χ3n) is 3.62. The first-order valence-corrected chi connectivity index (χ1v) is 8.32. The minimum atomic E-state index is -1.30. The molecule has 0 heterocycles. The van der Waals surface area contributed by atoms with Crippen LogP contribution in [0.3, 0.4) is 0 Å². The molecule has 0 fully saturated rings. The molecule has 3 atom stereocenters. The summed E-state index contributed by atoms with van der Waals surface area (Å²) in [4.78, 5) is 58.8. The zero-order chi connectivity index (χ0) is 20.6. The van der Waals surface area contributed by atoms with E-state index in [1.807, 2.05) is 0 Å². The summed E-state index contributed by atoms with van der Waals surface area (Å²) in [5.41, 5.74) is 10.4. The summed E-state index contributed by atoms with van der Waals surface area (Å²) in [6.45, 7) is 8.05. The highest BCUT2D eigenvalue weighted by Gasteiger charge is 2.31. The first-order chi connectivity index (χ1) is 11.9. The maximum absolute atomic E-state index is 12.4. The van der Waals surface area contributed by atoms with Crippen molar-refractivity contribution in [3.05, 3.63) is 0 Å². The average molecular weight is 371 g/mol. The van der Waals surface area contributed by atoms with E-state index < -0.39 is 54.1 Å². The van der Waals surface area contributed by atoms with Crippen LogP contribution in [0.5, 0.6) is 0 Å². The van der Waals surface area contributed by atoms with Crippen LogP contribution >= 0.6 is 0 Å². The molecular formula is C16H29N5O5. The summed E-state index contributed by atoms with van der Waals surface area (Å²) < 4.78 is 0. The van der Waals surface area contributed by atoms with Crippen LogP contribution in [0.4, 0.5) is 0 Å². The maximum atomic E-state index is 12.4. The SMILES string of the molecule is CC(=O)NC(C(=O)NC(CC(N)=O)C(=O)NC(C(N)=O)C(C)C)C(C)C. The van der Waals surface area contributed by atoms with Crippen LogP contribution in [0, 0.1) is 11.8 Å². The smallest absolute Gasteiger partial charge is 0.243 e. The van der Waals surface area contributed by atoms with Gasteiger partial charge in [-0.1, -0.05) is 27.7 Å². The number of nitrogens with one attached hydrogen (secondary N) is 3. The quantitative estimate of drug-likeness (QED) is 0.302. The fraction of sp³-hybridized carbons (Fsp3) is 0.688. The summed E-state index contributed by atoms with van der Waals surface area (Å²) in [5, 5.41) is 7.29. The van der Waals surface area contributed by atoms with Gasteiger partial charge in [0.15, 0.2) is 0 Å². The molecule has 0 aliphatic heterocycles. The van der Waals surface area contributed by atoms with Crippen LogP contribution < -0.4 is 27.4 Å². The predicted octanol–water partition coefficient (Wildman–Crippen LogP) is -1.87. The van der Waals surface area contributed by atoms with Crippen molar-refractivity contribution >= 4 is 29.5 Å². The molecule has 5 amide bonds. The van der Waals surface area contributed by atoms with Gasteiger partial charge in [-0.2, -0.15) is 0 Å². The number of carbonyl (C=O) groups excluding carboxylic acids is 5. The van der Waals surface area contributed by atoms with Crippen molar-refractivity contribution in [2.75, 3.05) is 0 Å². The highest BCUT2D eigenvalue weighted by Crippen LogP contribution is 2.05. The molecule has 0 radical (unpaired) electrons. The fourth-order valence-corrected chi connectivity index (χ4v) is 2.25. The van der Waals surface area contributed by atoms with E-state index in [0.717, 1.165) is 0 Å². The molecule has 0 saturated heterocycles. The van der Waals surface area contributed by atoms with Gasteiger partial charge in [-0.15, -0.1) is 0 Å². The lowest BCUT2D eigenvalue weighted by molar-refractivity contribution is -0.135. The lowest BCUT2D eigenvalue weighted by Crippen LogP contribution is -2.58. The third-order valence-corrected chi connectivity index (χ3v) is 3.62. The minimum Gasteiger partial charge on any atom is -0.370 e. The number of nitrogens with two attached hydrogens (primary N) is 2. The van der Waals surface area contributed by atoms with E-state index in [1.165, 1.54) is 6.92 Å². The second-order valence-electron chi connectivity index (χ2n) is 6.79. The van der Waals surface area contributed by atoms with E-state index in [4.69, 9.17) is 11.5 Å². The predicted molar refractivity (Wildman–Crippen MR) is 94.1 cm³/mol. The van der Waals surface area contributed by atoms with Crippen molar-refractivity contribution in [3.63, 3.8) is 0 Å². The molecule has 148 valence electrons. The molecule has 10 heteroatoms. The van der Waals surface area contributed by atoms with Crippen molar-refractivity contribution in [2.24, 2.45) is 23.3 Å². The van der Waals surface area contributed by atoms with Crippen molar-refractivity contribution < 1.29 is 24.0 Å². The fourth-order valence-electron chi connectivity index (χ4n) is 2.25. The summed E-state index contributed by atoms with van der Waals surface area (Å²) in [6.07, 6.45) is -0.466. The summed E-state index contributed by atoms with van der Waals surface area (Å²) in [6, 6.07) is -3.16. The Bertz CT molecular complexity index is 561. The van der Waals surface area contributed by atoms with E-state index in [9.17, 15) is 24.0 Å². The number of rotatable bonds is 10. The van der Waals surface area contributed by atoms with Crippen LogP contribution in [0.15, 0.2) is 0 Å². The van der Waals surface area contributed by atoms with Gasteiger partial charge < -0.3 is 27.4 Å². The Morgan fingerprint density at radius 2 is 1.27 bits per heavy atom. The summed E-state index contributed by atoms with van der Waals surface area (Å²) in [5.74, 6) is -3.92. The Kier molecular flexibility index (Phi) is 9.31. The van der Waals surface area contributed by atoms with Crippen molar-refractivity contribution in [1.29, 1.82) is 0 Å². The maximum Gasteiger partial charge on any atom is 0.243 e. The molecule has 3 unspecified atom stereocenters. The zero-order valence-electron chi connectivity index (χ0n) is 15.8. The molecule has 0 aromatic carbocycles. The van der Waals surface area contributed by atoms with Gasteiger partial charge in [0.2, 0.25) is 29.5 Å². The van der Waals surface area contributed by atoms with Gasteiger partial charge in [0.1, 0.15) is 18.1 Å². The highest BCUT2D eigenvalue weighted by atomic mass is 16.2. The molecule has 7 N–H and O–H groups in total. The van der Waals surface area contributed by atoms with Gasteiger partial charge in [-0.05, 0) is 11.8 Å². The minimum absolute atomic E-state index is 0.259. The molecule has 0 aliphatic rings. The van der Waals surface area contributed by atoms with Gasteiger partial charge in [-0.3, -0.25) is 24.0 Å². The van der Waals surface area contributed by atoms with Crippen molar-refractivity contribution in [3.8, 4) is 0 Å². The summed E-state index contributed by atoms with van der Waals surface area (Å²) >= 11 is 0. The molecule has 10 nitrogen and oxygen atoms in total. The van der Waals surface area contributed by atoms with E-state index in [-0.39, 0.29) is 11.8 Å². The van der Waals surface area contributed by atoms with Gasteiger partial charge in [0.05, 0.1) is 6.42 Å². The topological polar surface area (TPSA) is 173 Å². The van der Waals surface area contributed by atoms with Crippen LogP contribution in [0.1, 0.15) is 41.0 Å². The average Bonchev–Trinajstić information content (AvgIpc) is 2.47. The van der Waals surface area contributed by atoms with Gasteiger partial charge in [-0.25, -0.2) is 0 Å². The third kappa shape index (κ3) is 7.95. The Balaban J connectivity index is 5.32. The second-order valence-corrected chi connectivity index (χ2v) is 6.79. The lowest BCUT2D eigenvalue weighted by Gasteiger charge is -2.26. The molecule has 0 aromatic heterocycles. The molecule has 0 rings (SSSR count). The monoisotopic (exact) mass is 371 g/mol. The number of hydrogen-bond acceptors (Lipinski definition) is 5. The molecule has 0 saturated carbocycles. The van der Waals surface area contributed by atoms with E-state index >= 15 is 0 Å². The number of carbonyl (C=O) groups is 5. The normalized spacial score (nSPS) is 14.3. The number of hydrogen-bond donors (Lipinski definition) is 5. The Hall–Kier alpha value is -2.65. The highest BCUT2D eigenvalue weighted by molar-refractivity contribution is 5.96. The molecular weight excluding hydrogens is 342 g/mol. The van der Waals surface area contributed by atoms with Crippen LogP contribution in [0.2, 0.25) is 0 Å². The van der Waals surface area contributed by atoms with Crippen molar-refractivity contribution in [1.82, 2.24) is 16.0 Å². The van der Waals surface area contributed by atoms with E-state index in [1.54, 1.807) is 27.7 Å². The largest absolute Gasteiger partial charge is 0.370 e. The van der Waals surface area contributed by atoms with Crippen molar-refractivity contribution in [2.45, 2.75) is 59.2 Å². The summed E-state index contributed by atoms with van der Waals surface area (Å²) in [7, 11) is 0.